The second-order valence-corrected chi connectivity index (χ2v) is 18.2. The minimum absolute atomic E-state index is 0.0117. The van der Waals surface area contributed by atoms with Crippen LogP contribution in [0.5, 0.6) is 11.5 Å². The molecule has 4 aliphatic carbocycles. The summed E-state index contributed by atoms with van der Waals surface area (Å²) < 4.78 is 19.0. The zero-order chi connectivity index (χ0) is 40.0. The maximum absolute atomic E-state index is 15.2. The van der Waals surface area contributed by atoms with E-state index in [0.717, 1.165) is 54.4 Å². The van der Waals surface area contributed by atoms with Crippen molar-refractivity contribution in [2.45, 2.75) is 80.6 Å². The second-order valence-electron chi connectivity index (χ2n) is 18.2. The largest absolute Gasteiger partial charge is 0.494 e. The first kappa shape index (κ1) is 35.0. The first-order valence-corrected chi connectivity index (χ1v) is 22.7. The number of benzene rings is 6. The summed E-state index contributed by atoms with van der Waals surface area (Å²) in [4.78, 5) is 20.3. The minimum Gasteiger partial charge on any atom is -0.494 e. The van der Waals surface area contributed by atoms with Crippen LogP contribution in [0.4, 0.5) is 11.4 Å². The van der Waals surface area contributed by atoms with Crippen LogP contribution in [0.15, 0.2) is 109 Å². The molecule has 3 heterocycles. The summed E-state index contributed by atoms with van der Waals surface area (Å²) in [6, 6.07) is 40.9. The summed E-state index contributed by atoms with van der Waals surface area (Å²) >= 11 is 0. The van der Waals surface area contributed by atoms with Crippen LogP contribution in [0.25, 0.3) is 10.8 Å². The van der Waals surface area contributed by atoms with Gasteiger partial charge in [0.1, 0.15) is 11.5 Å². The van der Waals surface area contributed by atoms with Crippen LogP contribution in [0, 0.1) is 0 Å². The van der Waals surface area contributed by atoms with Gasteiger partial charge >= 0.3 is 5.97 Å². The van der Waals surface area contributed by atoms with E-state index in [4.69, 9.17) is 14.2 Å². The number of esters is 1. The highest BCUT2D eigenvalue weighted by molar-refractivity contribution is 6.16. The molecule has 300 valence electrons. The number of nitrogens with zero attached hydrogens (tertiary/aromatic N) is 2. The zero-order valence-electron chi connectivity index (χ0n) is 34.6. The molecule has 6 nitrogen and oxygen atoms in total. The Bertz CT molecular complexity index is 2750. The van der Waals surface area contributed by atoms with Crippen molar-refractivity contribution in [1.82, 2.24) is 0 Å². The number of carbonyl (C=O) groups excluding carboxylic acids is 1. The first-order chi connectivity index (χ1) is 29.6. The van der Waals surface area contributed by atoms with E-state index in [1.807, 2.05) is 13.8 Å². The van der Waals surface area contributed by atoms with E-state index in [1.54, 1.807) is 0 Å². The quantitative estimate of drug-likeness (QED) is 0.129. The number of hydrogen-bond acceptors (Lipinski definition) is 6. The van der Waals surface area contributed by atoms with Crippen molar-refractivity contribution in [2.75, 3.05) is 49.2 Å². The van der Waals surface area contributed by atoms with Gasteiger partial charge in [-0.25, -0.2) is 4.79 Å². The Morgan fingerprint density at radius 2 is 1.08 bits per heavy atom. The van der Waals surface area contributed by atoms with Crippen LogP contribution >= 0.6 is 0 Å². The molecule has 7 aliphatic rings. The summed E-state index contributed by atoms with van der Waals surface area (Å²) in [5.41, 5.74) is 12.6. The number of carbonyl (C=O) groups is 1. The molecule has 5 unspecified atom stereocenters. The topological polar surface area (TPSA) is 51.2 Å². The molecule has 3 fully saturated rings. The predicted molar refractivity (Wildman–Crippen MR) is 237 cm³/mol. The Kier molecular flexibility index (Phi) is 7.25. The van der Waals surface area contributed by atoms with Gasteiger partial charge in [-0.15, -0.1) is 0 Å². The number of anilines is 2. The van der Waals surface area contributed by atoms with E-state index in [2.05, 4.69) is 119 Å². The smallest absolute Gasteiger partial charge is 0.339 e. The Labute approximate surface area is 352 Å². The van der Waals surface area contributed by atoms with Crippen molar-refractivity contribution in [2.24, 2.45) is 0 Å². The van der Waals surface area contributed by atoms with Gasteiger partial charge in [0, 0.05) is 55.0 Å². The molecule has 0 amide bonds. The average Bonchev–Trinajstić information content (AvgIpc) is 4.06. The number of ether oxygens (including phenoxy) is 3. The van der Waals surface area contributed by atoms with Gasteiger partial charge in [-0.3, -0.25) is 0 Å². The van der Waals surface area contributed by atoms with Crippen LogP contribution in [0.1, 0.15) is 125 Å². The Morgan fingerprint density at radius 3 is 1.62 bits per heavy atom. The molecule has 1 saturated carbocycles. The van der Waals surface area contributed by atoms with E-state index < -0.39 is 16.4 Å². The molecule has 2 saturated heterocycles. The average molecular weight is 791 g/mol. The van der Waals surface area contributed by atoms with Crippen molar-refractivity contribution in [3.63, 3.8) is 0 Å². The van der Waals surface area contributed by atoms with Crippen LogP contribution in [-0.4, -0.2) is 45.4 Å². The highest BCUT2D eigenvalue weighted by atomic mass is 16.6. The van der Waals surface area contributed by atoms with Gasteiger partial charge in [0.25, 0.3) is 0 Å². The van der Waals surface area contributed by atoms with Gasteiger partial charge in [-0.05, 0) is 156 Å². The molecular formula is C54H50N2O4. The van der Waals surface area contributed by atoms with Crippen LogP contribution in [-0.2, 0) is 21.2 Å². The zero-order valence-corrected chi connectivity index (χ0v) is 34.6. The summed E-state index contributed by atoms with van der Waals surface area (Å²) in [7, 11) is 0. The van der Waals surface area contributed by atoms with Crippen molar-refractivity contribution in [3.05, 3.63) is 165 Å². The van der Waals surface area contributed by atoms with E-state index in [9.17, 15) is 0 Å². The minimum atomic E-state index is -0.780. The van der Waals surface area contributed by atoms with Gasteiger partial charge in [0.15, 0.2) is 5.60 Å². The Morgan fingerprint density at radius 1 is 0.583 bits per heavy atom. The lowest BCUT2D eigenvalue weighted by atomic mass is 9.63. The maximum atomic E-state index is 15.2. The third kappa shape index (κ3) is 4.18. The summed E-state index contributed by atoms with van der Waals surface area (Å²) in [6.07, 6.45) is 7.54. The number of fused-ring (bicyclic) bond motifs is 4. The van der Waals surface area contributed by atoms with Gasteiger partial charge in [0.05, 0.1) is 29.6 Å². The summed E-state index contributed by atoms with van der Waals surface area (Å²) in [5.74, 6) is 1.70. The van der Waals surface area contributed by atoms with Gasteiger partial charge in [0.2, 0.25) is 0 Å². The highest BCUT2D eigenvalue weighted by Gasteiger charge is 2.91. The van der Waals surface area contributed by atoms with Gasteiger partial charge < -0.3 is 24.0 Å². The van der Waals surface area contributed by atoms with Crippen LogP contribution < -0.4 is 19.3 Å². The van der Waals surface area contributed by atoms with Crippen molar-refractivity contribution < 1.29 is 19.0 Å². The molecule has 0 bridgehead atoms. The Hall–Kier alpha value is -5.75. The third-order valence-corrected chi connectivity index (χ3v) is 15.7. The molecule has 60 heavy (non-hydrogen) atoms. The van der Waals surface area contributed by atoms with Crippen LogP contribution in [0.2, 0.25) is 0 Å². The molecule has 0 N–H and O–H groups in total. The lowest BCUT2D eigenvalue weighted by Crippen LogP contribution is -2.33. The maximum Gasteiger partial charge on any atom is 0.339 e. The molecule has 3 aliphatic heterocycles. The monoisotopic (exact) mass is 790 g/mol. The molecule has 1 spiro atoms. The van der Waals surface area contributed by atoms with E-state index in [-0.39, 0.29) is 17.8 Å². The van der Waals surface area contributed by atoms with Crippen molar-refractivity contribution in [1.29, 1.82) is 0 Å². The van der Waals surface area contributed by atoms with Crippen LogP contribution in [0.3, 0.4) is 0 Å². The van der Waals surface area contributed by atoms with E-state index >= 15 is 4.79 Å². The molecule has 13 rings (SSSR count). The molecule has 6 aromatic rings. The fourth-order valence-electron chi connectivity index (χ4n) is 13.4. The number of hydrogen-bond donors (Lipinski definition) is 0. The molecular weight excluding hydrogens is 741 g/mol. The SMILES string of the molecule is CCOc1ccc(C2(c3ccc(N4CCCCC4)cc3)c3c4c5c(c6ccc7c(c36)C72)C2C5(OC4=O)C2(c2ccc(OCC)cc2)c2ccc(N3CCCCC3)cc2)cc1. The first-order valence-electron chi connectivity index (χ1n) is 22.7. The predicted octanol–water partition coefficient (Wildman–Crippen LogP) is 10.9. The second kappa shape index (κ2) is 12.4. The Balaban J connectivity index is 1.03. The lowest BCUT2D eigenvalue weighted by molar-refractivity contribution is 0.0213. The van der Waals surface area contributed by atoms with Gasteiger partial charge in [-0.2, -0.15) is 0 Å². The standard InChI is InChI=1S/C54H50N2O4/c1-3-58-39-23-15-34(16-24-39)52(33-11-19-37(20-12-33)55-29-7-5-8-30-55)47-42-28-27-41-43(44(42)47)48(52)46-49-45(41)50-53(54(49,50)60-51(46)57,36-17-25-40(26-18-36)59-4-2)35-13-21-38(22-14-35)56-31-9-6-10-32-56/h11-28,47,50H,3-10,29-32H2,1-2H3. The summed E-state index contributed by atoms with van der Waals surface area (Å²) in [6.45, 7) is 9.66. The highest BCUT2D eigenvalue weighted by Crippen LogP contribution is 2.89. The third-order valence-electron chi connectivity index (χ3n) is 15.7. The van der Waals surface area contributed by atoms with Crippen molar-refractivity contribution in [3.8, 4) is 11.5 Å². The molecule has 6 aromatic carbocycles. The van der Waals surface area contributed by atoms with E-state index in [1.165, 1.54) is 99.6 Å². The molecule has 6 heteroatoms. The lowest BCUT2D eigenvalue weighted by Gasteiger charge is -2.38. The fraction of sp³-hybridized carbons (Fsp3) is 0.352. The van der Waals surface area contributed by atoms with Gasteiger partial charge in [-0.1, -0.05) is 60.7 Å². The normalized spacial score (nSPS) is 27.3. The molecule has 0 radical (unpaired) electrons. The molecule has 0 aromatic heterocycles. The van der Waals surface area contributed by atoms with E-state index in [0.29, 0.717) is 13.2 Å². The fourth-order valence-corrected chi connectivity index (χ4v) is 13.4. The molecule has 5 atom stereocenters. The number of piperidine rings is 2. The number of rotatable bonds is 10. The van der Waals surface area contributed by atoms with Crippen molar-refractivity contribution >= 4 is 28.1 Å². The summed E-state index contributed by atoms with van der Waals surface area (Å²) in [5, 5.41) is 2.57.